The average Bonchev–Trinajstić information content (AvgIpc) is 3.17. The fourth-order valence-electron chi connectivity index (χ4n) is 3.30. The molecule has 8 heteroatoms. The summed E-state index contributed by atoms with van der Waals surface area (Å²) in [7, 11) is -2.12. The minimum absolute atomic E-state index is 0.00999. The van der Waals surface area contributed by atoms with E-state index in [1.54, 1.807) is 6.07 Å². The molecule has 1 aliphatic carbocycles. The second-order valence-electron chi connectivity index (χ2n) is 6.35. The third-order valence-corrected chi connectivity index (χ3v) is 6.66. The van der Waals surface area contributed by atoms with Gasteiger partial charge in [-0.25, -0.2) is 8.42 Å². The Morgan fingerprint density at radius 1 is 1.24 bits per heavy atom. The summed E-state index contributed by atoms with van der Waals surface area (Å²) < 4.78 is 37.5. The Morgan fingerprint density at radius 3 is 2.56 bits per heavy atom. The number of benzene rings is 1. The summed E-state index contributed by atoms with van der Waals surface area (Å²) in [6.45, 7) is 1.44. The first-order chi connectivity index (χ1) is 12.0. The largest absolute Gasteiger partial charge is 0.495 e. The summed E-state index contributed by atoms with van der Waals surface area (Å²) in [6, 6.07) is 4.57. The lowest BCUT2D eigenvalue weighted by atomic mass is 10.1. The SMILES string of the molecule is COc1ccc(S(=O)(=O)N2CCOCC2)cc1NC(=O)C1CCCC1. The van der Waals surface area contributed by atoms with Crippen molar-refractivity contribution in [3.63, 3.8) is 0 Å². The van der Waals surface area contributed by atoms with Crippen molar-refractivity contribution in [2.45, 2.75) is 30.6 Å². The summed E-state index contributed by atoms with van der Waals surface area (Å²) in [6.07, 6.45) is 3.86. The van der Waals surface area contributed by atoms with Crippen molar-refractivity contribution in [2.24, 2.45) is 5.92 Å². The maximum absolute atomic E-state index is 12.8. The zero-order chi connectivity index (χ0) is 17.9. The number of anilines is 1. The van der Waals surface area contributed by atoms with Crippen LogP contribution in [0, 0.1) is 5.92 Å². The predicted molar refractivity (Wildman–Crippen MR) is 93.2 cm³/mol. The molecule has 1 heterocycles. The molecule has 25 heavy (non-hydrogen) atoms. The van der Waals surface area contributed by atoms with Crippen molar-refractivity contribution in [2.75, 3.05) is 38.7 Å². The number of ether oxygens (including phenoxy) is 2. The van der Waals surface area contributed by atoms with Crippen LogP contribution in [-0.2, 0) is 19.6 Å². The van der Waals surface area contributed by atoms with Crippen LogP contribution in [0.4, 0.5) is 5.69 Å². The highest BCUT2D eigenvalue weighted by Gasteiger charge is 2.28. The van der Waals surface area contributed by atoms with Gasteiger partial charge < -0.3 is 14.8 Å². The van der Waals surface area contributed by atoms with Crippen molar-refractivity contribution in [3.05, 3.63) is 18.2 Å². The van der Waals surface area contributed by atoms with E-state index >= 15 is 0 Å². The maximum Gasteiger partial charge on any atom is 0.243 e. The van der Waals surface area contributed by atoms with E-state index in [1.165, 1.54) is 23.5 Å². The molecule has 7 nitrogen and oxygen atoms in total. The molecule has 1 saturated carbocycles. The van der Waals surface area contributed by atoms with Gasteiger partial charge in [-0.2, -0.15) is 4.31 Å². The smallest absolute Gasteiger partial charge is 0.243 e. The highest BCUT2D eigenvalue weighted by molar-refractivity contribution is 7.89. The number of nitrogens with zero attached hydrogens (tertiary/aromatic N) is 1. The first-order valence-corrected chi connectivity index (χ1v) is 10.0. The van der Waals surface area contributed by atoms with Gasteiger partial charge in [0.05, 0.1) is 30.9 Å². The Morgan fingerprint density at radius 2 is 1.92 bits per heavy atom. The fraction of sp³-hybridized carbons (Fsp3) is 0.588. The standard InChI is InChI=1S/C17H24N2O5S/c1-23-16-7-6-14(25(21,22)19-8-10-24-11-9-19)12-15(16)18-17(20)13-4-2-3-5-13/h6-7,12-13H,2-5,8-11H2,1H3,(H,18,20). The van der Waals surface area contributed by atoms with E-state index in [2.05, 4.69) is 5.32 Å². The van der Waals surface area contributed by atoms with Crippen molar-refractivity contribution < 1.29 is 22.7 Å². The van der Waals surface area contributed by atoms with Gasteiger partial charge >= 0.3 is 0 Å². The van der Waals surface area contributed by atoms with Crippen LogP contribution in [0.25, 0.3) is 0 Å². The fourth-order valence-corrected chi connectivity index (χ4v) is 4.74. The van der Waals surface area contributed by atoms with Gasteiger partial charge in [-0.05, 0) is 31.0 Å². The lowest BCUT2D eigenvalue weighted by Gasteiger charge is -2.26. The van der Waals surface area contributed by atoms with Crippen LogP contribution in [-0.4, -0.2) is 52.0 Å². The number of sulfonamides is 1. The Balaban J connectivity index is 1.85. The zero-order valence-electron chi connectivity index (χ0n) is 14.4. The number of hydrogen-bond donors (Lipinski definition) is 1. The number of nitrogens with one attached hydrogen (secondary N) is 1. The molecule has 0 radical (unpaired) electrons. The second-order valence-corrected chi connectivity index (χ2v) is 8.29. The van der Waals surface area contributed by atoms with E-state index < -0.39 is 10.0 Å². The highest BCUT2D eigenvalue weighted by Crippen LogP contribution is 2.31. The van der Waals surface area contributed by atoms with E-state index in [9.17, 15) is 13.2 Å². The molecule has 1 aromatic carbocycles. The molecule has 0 bridgehead atoms. The Hall–Kier alpha value is -1.64. The molecule has 1 amide bonds. The molecule has 2 fully saturated rings. The van der Waals surface area contributed by atoms with Crippen molar-refractivity contribution in [1.29, 1.82) is 0 Å². The molecular formula is C17H24N2O5S. The summed E-state index contributed by atoms with van der Waals surface area (Å²) in [4.78, 5) is 12.6. The molecule has 1 N–H and O–H groups in total. The topological polar surface area (TPSA) is 84.9 Å². The van der Waals surface area contributed by atoms with Crippen LogP contribution in [0.2, 0.25) is 0 Å². The van der Waals surface area contributed by atoms with E-state index in [0.29, 0.717) is 37.7 Å². The van der Waals surface area contributed by atoms with Crippen LogP contribution >= 0.6 is 0 Å². The minimum Gasteiger partial charge on any atom is -0.495 e. The van der Waals surface area contributed by atoms with Gasteiger partial charge in [0, 0.05) is 19.0 Å². The second kappa shape index (κ2) is 7.72. The summed E-state index contributed by atoms with van der Waals surface area (Å²) in [5, 5.41) is 2.85. The van der Waals surface area contributed by atoms with Crippen LogP contribution in [0.1, 0.15) is 25.7 Å². The number of amides is 1. The van der Waals surface area contributed by atoms with Gasteiger partial charge in [0.15, 0.2) is 0 Å². The number of morpholine rings is 1. The maximum atomic E-state index is 12.8. The van der Waals surface area contributed by atoms with Crippen molar-refractivity contribution in [3.8, 4) is 5.75 Å². The van der Waals surface area contributed by atoms with E-state index in [4.69, 9.17) is 9.47 Å². The Bertz CT molecular complexity index is 723. The zero-order valence-corrected chi connectivity index (χ0v) is 15.2. The predicted octanol–water partition coefficient (Wildman–Crippen LogP) is 1.84. The summed E-state index contributed by atoms with van der Waals surface area (Å²) in [5.74, 6) is 0.369. The number of rotatable bonds is 5. The Kier molecular flexibility index (Phi) is 5.61. The van der Waals surface area contributed by atoms with Gasteiger partial charge in [-0.1, -0.05) is 12.8 Å². The summed E-state index contributed by atoms with van der Waals surface area (Å²) in [5.41, 5.74) is 0.397. The van der Waals surface area contributed by atoms with Gasteiger partial charge in [0.2, 0.25) is 15.9 Å². The van der Waals surface area contributed by atoms with Crippen molar-refractivity contribution >= 4 is 21.6 Å². The van der Waals surface area contributed by atoms with E-state index in [-0.39, 0.29) is 16.7 Å². The van der Waals surface area contributed by atoms with Gasteiger partial charge in [-0.15, -0.1) is 0 Å². The van der Waals surface area contributed by atoms with E-state index in [1.807, 2.05) is 0 Å². The molecule has 0 unspecified atom stereocenters. The summed E-state index contributed by atoms with van der Waals surface area (Å²) >= 11 is 0. The number of hydrogen-bond acceptors (Lipinski definition) is 5. The minimum atomic E-state index is -3.62. The Labute approximate surface area is 148 Å². The molecule has 3 rings (SSSR count). The molecule has 1 aromatic rings. The third kappa shape index (κ3) is 3.96. The quantitative estimate of drug-likeness (QED) is 0.857. The van der Waals surface area contributed by atoms with Gasteiger partial charge in [0.1, 0.15) is 5.75 Å². The first kappa shape index (κ1) is 18.2. The molecular weight excluding hydrogens is 344 g/mol. The molecule has 1 aliphatic heterocycles. The van der Waals surface area contributed by atoms with Crippen LogP contribution < -0.4 is 10.1 Å². The molecule has 138 valence electrons. The molecule has 0 aromatic heterocycles. The third-order valence-electron chi connectivity index (χ3n) is 4.76. The van der Waals surface area contributed by atoms with Crippen LogP contribution in [0.5, 0.6) is 5.75 Å². The van der Waals surface area contributed by atoms with Crippen LogP contribution in [0.3, 0.4) is 0 Å². The average molecular weight is 368 g/mol. The molecule has 0 spiro atoms. The van der Waals surface area contributed by atoms with Gasteiger partial charge in [0.25, 0.3) is 0 Å². The molecule has 2 aliphatic rings. The number of methoxy groups -OCH3 is 1. The molecule has 1 saturated heterocycles. The normalized spacial score (nSPS) is 19.7. The van der Waals surface area contributed by atoms with Crippen LogP contribution in [0.15, 0.2) is 23.1 Å². The number of carbonyl (C=O) groups is 1. The molecule has 0 atom stereocenters. The van der Waals surface area contributed by atoms with Crippen molar-refractivity contribution in [1.82, 2.24) is 4.31 Å². The monoisotopic (exact) mass is 368 g/mol. The lowest BCUT2D eigenvalue weighted by molar-refractivity contribution is -0.119. The lowest BCUT2D eigenvalue weighted by Crippen LogP contribution is -2.40. The number of carbonyl (C=O) groups excluding carboxylic acids is 1. The van der Waals surface area contributed by atoms with E-state index in [0.717, 1.165) is 25.7 Å². The highest BCUT2D eigenvalue weighted by atomic mass is 32.2. The first-order valence-electron chi connectivity index (χ1n) is 8.59. The van der Waals surface area contributed by atoms with Gasteiger partial charge in [-0.3, -0.25) is 4.79 Å².